The van der Waals surface area contributed by atoms with Crippen molar-refractivity contribution in [1.29, 1.82) is 0 Å². The standard InChI is InChI=1S/C21H25N3O3S/c25-13-11-24(12-15-27-16-14-26)10-9-22-21-17-5-1-3-7-19(17)28-20-8-4-2-6-18(20)23-21/h1-8,13,26H,9-12,14-16H2,(H,22,23). The van der Waals surface area contributed by atoms with Crippen molar-refractivity contribution in [3.63, 3.8) is 0 Å². The summed E-state index contributed by atoms with van der Waals surface area (Å²) in [6.07, 6.45) is 0.894. The largest absolute Gasteiger partial charge is 0.394 e. The quantitative estimate of drug-likeness (QED) is 0.472. The van der Waals surface area contributed by atoms with Gasteiger partial charge in [0.05, 0.1) is 38.6 Å². The van der Waals surface area contributed by atoms with Gasteiger partial charge < -0.3 is 20.0 Å². The summed E-state index contributed by atoms with van der Waals surface area (Å²) >= 11 is 1.73. The lowest BCUT2D eigenvalue weighted by molar-refractivity contribution is -0.109. The summed E-state index contributed by atoms with van der Waals surface area (Å²) in [6.45, 7) is 3.00. The van der Waals surface area contributed by atoms with Crippen LogP contribution in [0.3, 0.4) is 0 Å². The van der Waals surface area contributed by atoms with Gasteiger partial charge in [0.25, 0.3) is 0 Å². The van der Waals surface area contributed by atoms with E-state index in [-0.39, 0.29) is 6.61 Å². The molecule has 0 unspecified atom stereocenters. The third-order valence-electron chi connectivity index (χ3n) is 4.31. The summed E-state index contributed by atoms with van der Waals surface area (Å²) in [6, 6.07) is 16.4. The third kappa shape index (κ3) is 5.65. The van der Waals surface area contributed by atoms with Gasteiger partial charge in [-0.3, -0.25) is 9.89 Å². The highest BCUT2D eigenvalue weighted by Gasteiger charge is 2.17. The number of benzene rings is 2. The number of carbonyl (C=O) groups is 1. The highest BCUT2D eigenvalue weighted by Crippen LogP contribution is 2.38. The van der Waals surface area contributed by atoms with Crippen molar-refractivity contribution in [1.82, 2.24) is 4.90 Å². The fraction of sp³-hybridized carbons (Fsp3) is 0.333. The first-order chi connectivity index (χ1) is 13.8. The van der Waals surface area contributed by atoms with Crippen LogP contribution in [0.25, 0.3) is 0 Å². The molecule has 0 amide bonds. The van der Waals surface area contributed by atoms with Crippen LogP contribution in [-0.4, -0.2) is 68.1 Å². The molecule has 0 aliphatic carbocycles. The molecule has 6 nitrogen and oxygen atoms in total. The average Bonchev–Trinajstić information content (AvgIpc) is 2.87. The Bertz CT molecular complexity index is 813. The van der Waals surface area contributed by atoms with Gasteiger partial charge in [-0.25, -0.2) is 0 Å². The Balaban J connectivity index is 1.70. The lowest BCUT2D eigenvalue weighted by Crippen LogP contribution is -2.32. The summed E-state index contributed by atoms with van der Waals surface area (Å²) in [5.41, 5.74) is 2.13. The predicted molar refractivity (Wildman–Crippen MR) is 112 cm³/mol. The average molecular weight is 400 g/mol. The van der Waals surface area contributed by atoms with Crippen LogP contribution in [0.4, 0.5) is 5.69 Å². The van der Waals surface area contributed by atoms with E-state index in [0.29, 0.717) is 39.4 Å². The molecule has 0 bridgehead atoms. The minimum atomic E-state index is 0.00585. The van der Waals surface area contributed by atoms with Crippen LogP contribution in [0, 0.1) is 0 Å². The third-order valence-corrected chi connectivity index (χ3v) is 5.46. The lowest BCUT2D eigenvalue weighted by atomic mass is 10.2. The van der Waals surface area contributed by atoms with Crippen molar-refractivity contribution < 1.29 is 14.6 Å². The lowest BCUT2D eigenvalue weighted by Gasteiger charge is -2.19. The number of rotatable bonds is 10. The van der Waals surface area contributed by atoms with E-state index in [1.54, 1.807) is 11.8 Å². The molecule has 0 atom stereocenters. The minimum Gasteiger partial charge on any atom is -0.394 e. The number of aliphatic imine (C=N–C) groups is 1. The smallest absolute Gasteiger partial charge is 0.133 e. The molecule has 0 saturated carbocycles. The Hall–Kier alpha value is -2.19. The normalized spacial score (nSPS) is 14.3. The summed E-state index contributed by atoms with van der Waals surface area (Å²) in [7, 11) is 0. The van der Waals surface area contributed by atoms with Crippen LogP contribution in [0.5, 0.6) is 0 Å². The van der Waals surface area contributed by atoms with Gasteiger partial charge in [-0.1, -0.05) is 42.1 Å². The topological polar surface area (TPSA) is 74.2 Å². The van der Waals surface area contributed by atoms with Crippen LogP contribution < -0.4 is 5.32 Å². The Morgan fingerprint density at radius 3 is 2.68 bits per heavy atom. The number of fused-ring (bicyclic) bond motifs is 2. The monoisotopic (exact) mass is 399 g/mol. The first kappa shape index (κ1) is 20.5. The van der Waals surface area contributed by atoms with Gasteiger partial charge in [-0.05, 0) is 18.2 Å². The van der Waals surface area contributed by atoms with E-state index in [9.17, 15) is 4.79 Å². The first-order valence-corrected chi connectivity index (χ1v) is 10.2. The molecule has 0 fully saturated rings. The summed E-state index contributed by atoms with van der Waals surface area (Å²) in [5.74, 6) is 0.843. The zero-order chi connectivity index (χ0) is 19.6. The van der Waals surface area contributed by atoms with E-state index in [4.69, 9.17) is 14.8 Å². The fourth-order valence-corrected chi connectivity index (χ4v) is 3.95. The van der Waals surface area contributed by atoms with E-state index < -0.39 is 0 Å². The molecule has 2 N–H and O–H groups in total. The van der Waals surface area contributed by atoms with Crippen molar-refractivity contribution in [3.05, 3.63) is 54.1 Å². The van der Waals surface area contributed by atoms with Crippen LogP contribution >= 0.6 is 11.8 Å². The van der Waals surface area contributed by atoms with Crippen LogP contribution in [-0.2, 0) is 9.53 Å². The maximum Gasteiger partial charge on any atom is 0.133 e. The number of hydrogen-bond acceptors (Lipinski definition) is 6. The molecule has 0 radical (unpaired) electrons. The Kier molecular flexibility index (Phi) is 8.05. The number of aliphatic hydroxyl groups is 1. The van der Waals surface area contributed by atoms with Gasteiger partial charge in [0.2, 0.25) is 0 Å². The Labute approximate surface area is 169 Å². The van der Waals surface area contributed by atoms with E-state index in [1.807, 2.05) is 29.2 Å². The SMILES string of the molecule is O=CCN(CCN=C1Nc2ccccc2Sc2ccccc21)CCOCCO. The number of para-hydroxylation sites is 1. The van der Waals surface area contributed by atoms with E-state index >= 15 is 0 Å². The minimum absolute atomic E-state index is 0.00585. The van der Waals surface area contributed by atoms with Crippen molar-refractivity contribution >= 4 is 29.6 Å². The number of amidine groups is 1. The zero-order valence-electron chi connectivity index (χ0n) is 15.7. The van der Waals surface area contributed by atoms with Crippen molar-refractivity contribution in [2.45, 2.75) is 9.79 Å². The number of ether oxygens (including phenoxy) is 1. The highest BCUT2D eigenvalue weighted by molar-refractivity contribution is 7.99. The summed E-state index contributed by atoms with van der Waals surface area (Å²) in [5, 5.41) is 12.2. The molecule has 0 spiro atoms. The molecule has 2 aromatic rings. The maximum absolute atomic E-state index is 10.9. The van der Waals surface area contributed by atoms with E-state index in [1.165, 1.54) is 9.79 Å². The Morgan fingerprint density at radius 1 is 1.07 bits per heavy atom. The van der Waals surface area contributed by atoms with Crippen molar-refractivity contribution in [2.75, 3.05) is 51.3 Å². The molecular formula is C21H25N3O3S. The van der Waals surface area contributed by atoms with Gasteiger partial charge in [0, 0.05) is 28.4 Å². The van der Waals surface area contributed by atoms with Gasteiger partial charge in [-0.2, -0.15) is 0 Å². The fourth-order valence-electron chi connectivity index (χ4n) is 2.91. The summed E-state index contributed by atoms with van der Waals surface area (Å²) in [4.78, 5) is 20.1. The van der Waals surface area contributed by atoms with Crippen LogP contribution in [0.2, 0.25) is 0 Å². The maximum atomic E-state index is 10.9. The molecular weight excluding hydrogens is 374 g/mol. The predicted octanol–water partition coefficient (Wildman–Crippen LogP) is 2.52. The van der Waals surface area contributed by atoms with Crippen molar-refractivity contribution in [2.24, 2.45) is 4.99 Å². The van der Waals surface area contributed by atoms with Crippen molar-refractivity contribution in [3.8, 4) is 0 Å². The molecule has 148 valence electrons. The molecule has 2 aromatic carbocycles. The number of aldehydes is 1. The second-order valence-electron chi connectivity index (χ2n) is 6.25. The van der Waals surface area contributed by atoms with Crippen LogP contribution in [0.1, 0.15) is 5.56 Å². The summed E-state index contributed by atoms with van der Waals surface area (Å²) < 4.78 is 5.30. The molecule has 1 heterocycles. The Morgan fingerprint density at radius 2 is 1.86 bits per heavy atom. The number of hydrogen-bond donors (Lipinski definition) is 2. The van der Waals surface area contributed by atoms with E-state index in [0.717, 1.165) is 23.4 Å². The van der Waals surface area contributed by atoms with Gasteiger partial charge in [-0.15, -0.1) is 0 Å². The number of carbonyl (C=O) groups excluding carboxylic acids is 1. The molecule has 0 aromatic heterocycles. The second-order valence-corrected chi connectivity index (χ2v) is 7.34. The van der Waals surface area contributed by atoms with E-state index in [2.05, 4.69) is 29.6 Å². The number of nitrogens with one attached hydrogen (secondary N) is 1. The highest BCUT2D eigenvalue weighted by atomic mass is 32.2. The molecule has 0 saturated heterocycles. The molecule has 3 rings (SSSR count). The molecule has 1 aliphatic rings. The van der Waals surface area contributed by atoms with Gasteiger partial charge in [0.15, 0.2) is 0 Å². The second kappa shape index (κ2) is 11.0. The number of anilines is 1. The molecule has 7 heteroatoms. The number of nitrogens with zero attached hydrogens (tertiary/aromatic N) is 2. The van der Waals surface area contributed by atoms with Crippen LogP contribution in [0.15, 0.2) is 63.3 Å². The first-order valence-electron chi connectivity index (χ1n) is 9.34. The molecule has 28 heavy (non-hydrogen) atoms. The zero-order valence-corrected chi connectivity index (χ0v) is 16.5. The number of aliphatic hydroxyl groups excluding tert-OH is 1. The molecule has 1 aliphatic heterocycles. The van der Waals surface area contributed by atoms with Gasteiger partial charge >= 0.3 is 0 Å². The van der Waals surface area contributed by atoms with Gasteiger partial charge in [0.1, 0.15) is 12.1 Å².